The zero-order valence-corrected chi connectivity index (χ0v) is 12.6. The summed E-state index contributed by atoms with van der Waals surface area (Å²) in [6, 6.07) is 13.5. The molecular formula is C18H19N3O. The highest BCUT2D eigenvalue weighted by Crippen LogP contribution is 2.27. The lowest BCUT2D eigenvalue weighted by molar-refractivity contribution is -0.118. The standard InChI is InChI=1S/C18H19N3O/c1-2-3-10-17(22)20-12-6-4-7-13-14-8-5-9-15(19)18(14)21-16(13)11-12/h4-9,11,21H,2-3,10,19H2,1H3. The Kier molecular flexibility index (Phi) is 3.92. The van der Waals surface area contributed by atoms with Crippen molar-refractivity contribution in [3.63, 3.8) is 0 Å². The molecule has 4 nitrogen and oxygen atoms in total. The van der Waals surface area contributed by atoms with E-state index in [1.807, 2.05) is 42.5 Å². The molecule has 0 radical (unpaired) electrons. The predicted octanol–water partition coefficient (Wildman–Crippen LogP) is 3.52. The Balaban J connectivity index is 2.16. The van der Waals surface area contributed by atoms with E-state index < -0.39 is 0 Å². The number of carbonyl (C=O) groups excluding carboxylic acids is 1. The minimum absolute atomic E-state index is 0.0724. The van der Waals surface area contributed by atoms with Gasteiger partial charge in [-0.2, -0.15) is 0 Å². The van der Waals surface area contributed by atoms with E-state index in [9.17, 15) is 4.79 Å². The fourth-order valence-electron chi connectivity index (χ4n) is 2.61. The summed E-state index contributed by atoms with van der Waals surface area (Å²) < 4.78 is 0. The van der Waals surface area contributed by atoms with Crippen LogP contribution in [0.2, 0.25) is 0 Å². The maximum atomic E-state index is 11.8. The fraction of sp³-hybridized carbons (Fsp3) is 0.222. The quantitative estimate of drug-likeness (QED) is 0.725. The van der Waals surface area contributed by atoms with Crippen LogP contribution in [0.3, 0.4) is 0 Å². The molecule has 1 amide bonds. The first-order valence-electron chi connectivity index (χ1n) is 7.57. The Bertz CT molecular complexity index is 909. The highest BCUT2D eigenvalue weighted by molar-refractivity contribution is 6.10. The van der Waals surface area contributed by atoms with Crippen LogP contribution in [-0.2, 0) is 4.79 Å². The molecule has 0 saturated carbocycles. The summed E-state index contributed by atoms with van der Waals surface area (Å²) in [6.45, 7) is 2.06. The second-order valence-electron chi connectivity index (χ2n) is 5.43. The summed E-state index contributed by atoms with van der Waals surface area (Å²) in [5.41, 5.74) is 8.59. The van der Waals surface area contributed by atoms with Crippen molar-refractivity contribution in [1.29, 1.82) is 0 Å². The van der Waals surface area contributed by atoms with Gasteiger partial charge in [0, 0.05) is 22.7 Å². The van der Waals surface area contributed by atoms with Crippen molar-refractivity contribution >= 4 is 33.4 Å². The number of hydrogen-bond donors (Lipinski definition) is 2. The van der Waals surface area contributed by atoms with Gasteiger partial charge in [-0.1, -0.05) is 37.6 Å². The summed E-state index contributed by atoms with van der Waals surface area (Å²) in [5.74, 6) is -0.0724. The van der Waals surface area contributed by atoms with Crippen molar-refractivity contribution in [3.8, 4) is 0 Å². The highest BCUT2D eigenvalue weighted by Gasteiger charge is 2.05. The van der Waals surface area contributed by atoms with Gasteiger partial charge < -0.3 is 10.7 Å². The van der Waals surface area contributed by atoms with Crippen LogP contribution in [-0.4, -0.2) is 10.9 Å². The molecule has 0 atom stereocenters. The van der Waals surface area contributed by atoms with Gasteiger partial charge in [-0.15, -0.1) is 0 Å². The van der Waals surface area contributed by atoms with Gasteiger partial charge in [0.1, 0.15) is 0 Å². The molecule has 0 aliphatic rings. The molecule has 2 aromatic carbocycles. The van der Waals surface area contributed by atoms with Gasteiger partial charge in [-0.25, -0.2) is 4.99 Å². The number of rotatable bonds is 3. The molecule has 0 aliphatic carbocycles. The summed E-state index contributed by atoms with van der Waals surface area (Å²) >= 11 is 0. The van der Waals surface area contributed by atoms with E-state index in [1.165, 1.54) is 0 Å². The van der Waals surface area contributed by atoms with E-state index in [0.29, 0.717) is 17.5 Å². The molecule has 1 aromatic heterocycles. The average Bonchev–Trinajstić information content (AvgIpc) is 2.73. The lowest BCUT2D eigenvalue weighted by Crippen LogP contribution is -2.03. The third-order valence-corrected chi connectivity index (χ3v) is 3.76. The van der Waals surface area contributed by atoms with E-state index in [1.54, 1.807) is 0 Å². The first-order chi connectivity index (χ1) is 10.7. The second kappa shape index (κ2) is 6.02. The number of anilines is 1. The summed E-state index contributed by atoms with van der Waals surface area (Å²) in [4.78, 5) is 19.4. The van der Waals surface area contributed by atoms with Crippen LogP contribution in [0.1, 0.15) is 26.2 Å². The number of unbranched alkanes of at least 4 members (excludes halogenated alkanes) is 1. The molecule has 0 saturated heterocycles. The summed E-state index contributed by atoms with van der Waals surface area (Å²) in [7, 11) is 0. The number of nitrogens with zero attached hydrogens (tertiary/aromatic N) is 1. The maximum absolute atomic E-state index is 11.8. The van der Waals surface area contributed by atoms with E-state index in [4.69, 9.17) is 5.73 Å². The van der Waals surface area contributed by atoms with Crippen molar-refractivity contribution in [3.05, 3.63) is 47.8 Å². The van der Waals surface area contributed by atoms with Gasteiger partial charge in [-0.3, -0.25) is 4.79 Å². The Hall–Kier alpha value is -2.62. The molecule has 4 heteroatoms. The lowest BCUT2D eigenvalue weighted by atomic mass is 10.2. The predicted molar refractivity (Wildman–Crippen MR) is 90.3 cm³/mol. The van der Waals surface area contributed by atoms with E-state index in [0.717, 1.165) is 34.6 Å². The number of H-pyrrole nitrogens is 1. The molecule has 3 N–H and O–H groups in total. The van der Waals surface area contributed by atoms with Crippen LogP contribution in [0.4, 0.5) is 5.69 Å². The minimum atomic E-state index is -0.0724. The largest absolute Gasteiger partial charge is 0.397 e. The number of amides is 1. The number of benzene rings is 1. The minimum Gasteiger partial charge on any atom is -0.397 e. The number of nitrogens with two attached hydrogens (primary N) is 1. The normalized spacial score (nSPS) is 12.1. The Morgan fingerprint density at radius 1 is 1.18 bits per heavy atom. The first kappa shape index (κ1) is 14.3. The van der Waals surface area contributed by atoms with Gasteiger partial charge in [0.2, 0.25) is 5.91 Å². The van der Waals surface area contributed by atoms with Crippen LogP contribution in [0, 0.1) is 0 Å². The van der Waals surface area contributed by atoms with E-state index in [2.05, 4.69) is 16.9 Å². The number of fused-ring (bicyclic) bond motifs is 3. The van der Waals surface area contributed by atoms with Crippen LogP contribution < -0.4 is 11.1 Å². The third-order valence-electron chi connectivity index (χ3n) is 3.76. The molecule has 3 rings (SSSR count). The molecule has 0 bridgehead atoms. The van der Waals surface area contributed by atoms with Gasteiger partial charge in [-0.05, 0) is 24.6 Å². The van der Waals surface area contributed by atoms with Crippen molar-refractivity contribution in [2.45, 2.75) is 26.2 Å². The van der Waals surface area contributed by atoms with Crippen molar-refractivity contribution in [2.75, 3.05) is 5.73 Å². The highest BCUT2D eigenvalue weighted by atomic mass is 16.1. The number of para-hydroxylation sites is 1. The fourth-order valence-corrected chi connectivity index (χ4v) is 2.61. The van der Waals surface area contributed by atoms with Gasteiger partial charge in [0.15, 0.2) is 0 Å². The SMILES string of the molecule is CCCCC(=O)N=c1cccc2c(c1)[nH]c1c(N)cccc12. The van der Waals surface area contributed by atoms with Gasteiger partial charge >= 0.3 is 0 Å². The average molecular weight is 293 g/mol. The molecule has 22 heavy (non-hydrogen) atoms. The molecule has 0 aliphatic heterocycles. The lowest BCUT2D eigenvalue weighted by Gasteiger charge is -1.93. The molecule has 112 valence electrons. The molecule has 0 spiro atoms. The number of aromatic nitrogens is 1. The summed E-state index contributed by atoms with van der Waals surface area (Å²) in [6.07, 6.45) is 2.37. The van der Waals surface area contributed by atoms with Crippen LogP contribution in [0.15, 0.2) is 47.5 Å². The number of nitrogen functional groups attached to an aromatic ring is 1. The van der Waals surface area contributed by atoms with Crippen molar-refractivity contribution < 1.29 is 4.79 Å². The van der Waals surface area contributed by atoms with Crippen LogP contribution >= 0.6 is 0 Å². The molecule has 0 fully saturated rings. The molecule has 3 aromatic rings. The molecular weight excluding hydrogens is 274 g/mol. The Labute approximate surface area is 128 Å². The zero-order chi connectivity index (χ0) is 15.5. The third kappa shape index (κ3) is 2.72. The van der Waals surface area contributed by atoms with Crippen LogP contribution in [0.5, 0.6) is 0 Å². The Morgan fingerprint density at radius 2 is 1.95 bits per heavy atom. The monoisotopic (exact) mass is 293 g/mol. The number of aromatic amines is 1. The van der Waals surface area contributed by atoms with Gasteiger partial charge in [0.05, 0.1) is 16.6 Å². The van der Waals surface area contributed by atoms with E-state index in [-0.39, 0.29) is 5.91 Å². The first-order valence-corrected chi connectivity index (χ1v) is 7.57. The summed E-state index contributed by atoms with van der Waals surface area (Å²) in [5, 5.41) is 2.82. The van der Waals surface area contributed by atoms with Crippen molar-refractivity contribution in [2.24, 2.45) is 4.99 Å². The molecule has 1 heterocycles. The number of nitrogens with one attached hydrogen (secondary N) is 1. The maximum Gasteiger partial charge on any atom is 0.246 e. The molecule has 0 unspecified atom stereocenters. The zero-order valence-electron chi connectivity index (χ0n) is 12.6. The Morgan fingerprint density at radius 3 is 2.77 bits per heavy atom. The van der Waals surface area contributed by atoms with E-state index >= 15 is 0 Å². The number of carbonyl (C=O) groups is 1. The number of hydrogen-bond acceptors (Lipinski definition) is 2. The topological polar surface area (TPSA) is 71.2 Å². The van der Waals surface area contributed by atoms with Gasteiger partial charge in [0.25, 0.3) is 0 Å². The van der Waals surface area contributed by atoms with Crippen LogP contribution in [0.25, 0.3) is 21.8 Å². The smallest absolute Gasteiger partial charge is 0.246 e. The second-order valence-corrected chi connectivity index (χ2v) is 5.43. The van der Waals surface area contributed by atoms with Crippen molar-refractivity contribution in [1.82, 2.24) is 4.98 Å².